The molecule has 5 heteroatoms. The first-order chi connectivity index (χ1) is 11.4. The topological polar surface area (TPSA) is 38.1 Å². The molecule has 0 bridgehead atoms. The molecule has 0 fully saturated rings. The van der Waals surface area contributed by atoms with E-state index in [4.69, 9.17) is 4.98 Å². The smallest absolute Gasteiger partial charge is 0.262 e. The van der Waals surface area contributed by atoms with Gasteiger partial charge in [-0.2, -0.15) is 0 Å². The Balaban J connectivity index is 2.14. The number of thiophene rings is 1. The summed E-state index contributed by atoms with van der Waals surface area (Å²) in [5.74, 6) is 2.21. The molecule has 0 spiro atoms. The number of aryl methyl sites for hydroxylation is 1. The van der Waals surface area contributed by atoms with Crippen molar-refractivity contribution in [3.63, 3.8) is 0 Å². The molecule has 3 rings (SSSR count). The molecule has 0 saturated heterocycles. The maximum Gasteiger partial charge on any atom is 0.262 e. The summed E-state index contributed by atoms with van der Waals surface area (Å²) in [4.78, 5) is 22.6. The van der Waals surface area contributed by atoms with Crippen LogP contribution in [0.5, 0.6) is 0 Å². The fourth-order valence-electron chi connectivity index (χ4n) is 3.49. The Kier molecular flexibility index (Phi) is 5.11. The van der Waals surface area contributed by atoms with Crippen molar-refractivity contribution in [3.8, 4) is 0 Å². The molecule has 132 valence electrons. The Morgan fingerprint density at radius 2 is 2.12 bits per heavy atom. The highest BCUT2D eigenvalue weighted by atomic mass is 32.1. The molecule has 4 nitrogen and oxygen atoms in total. The predicted molar refractivity (Wildman–Crippen MR) is 102 cm³/mol. The molecule has 0 radical (unpaired) electrons. The Morgan fingerprint density at radius 1 is 1.38 bits per heavy atom. The molecule has 1 aliphatic rings. The van der Waals surface area contributed by atoms with Crippen LogP contribution in [-0.2, 0) is 25.9 Å². The van der Waals surface area contributed by atoms with E-state index < -0.39 is 0 Å². The lowest BCUT2D eigenvalue weighted by atomic mass is 9.89. The van der Waals surface area contributed by atoms with E-state index in [1.165, 1.54) is 16.9 Å². The molecule has 24 heavy (non-hydrogen) atoms. The van der Waals surface area contributed by atoms with Gasteiger partial charge in [0.15, 0.2) is 0 Å². The SMILES string of the molecule is CC(C)CCn1c(CN(C)C)nc2sc3c(c2c1=O)CCC(C)C3. The van der Waals surface area contributed by atoms with Crippen LogP contribution in [0.1, 0.15) is 49.9 Å². The number of aromatic nitrogens is 2. The van der Waals surface area contributed by atoms with Crippen LogP contribution >= 0.6 is 11.3 Å². The van der Waals surface area contributed by atoms with Crippen molar-refractivity contribution in [1.82, 2.24) is 14.5 Å². The van der Waals surface area contributed by atoms with E-state index in [1.807, 2.05) is 18.7 Å². The Hall–Kier alpha value is -1.20. The fraction of sp³-hybridized carbons (Fsp3) is 0.684. The summed E-state index contributed by atoms with van der Waals surface area (Å²) in [5.41, 5.74) is 1.48. The molecule has 1 unspecified atom stereocenters. The summed E-state index contributed by atoms with van der Waals surface area (Å²) in [6.45, 7) is 8.19. The van der Waals surface area contributed by atoms with Gasteiger partial charge in [-0.05, 0) is 57.2 Å². The minimum Gasteiger partial charge on any atom is -0.302 e. The Morgan fingerprint density at radius 3 is 2.79 bits per heavy atom. The van der Waals surface area contributed by atoms with Gasteiger partial charge in [-0.15, -0.1) is 11.3 Å². The molecule has 0 N–H and O–H groups in total. The third-order valence-corrected chi connectivity index (χ3v) is 6.03. The van der Waals surface area contributed by atoms with Gasteiger partial charge in [-0.25, -0.2) is 4.98 Å². The van der Waals surface area contributed by atoms with Gasteiger partial charge in [0.1, 0.15) is 10.7 Å². The second-order valence-corrected chi connectivity index (χ2v) is 9.02. The lowest BCUT2D eigenvalue weighted by Crippen LogP contribution is -2.29. The van der Waals surface area contributed by atoms with Crippen LogP contribution in [-0.4, -0.2) is 28.5 Å². The highest BCUT2D eigenvalue weighted by Gasteiger charge is 2.24. The number of hydrogen-bond acceptors (Lipinski definition) is 4. The summed E-state index contributed by atoms with van der Waals surface area (Å²) in [6, 6.07) is 0. The Labute approximate surface area is 148 Å². The van der Waals surface area contributed by atoms with Crippen molar-refractivity contribution < 1.29 is 0 Å². The molecule has 1 aliphatic carbocycles. The first-order valence-electron chi connectivity index (χ1n) is 9.05. The summed E-state index contributed by atoms with van der Waals surface area (Å²) in [6.07, 6.45) is 4.33. The van der Waals surface area contributed by atoms with Crippen LogP contribution in [0.4, 0.5) is 0 Å². The normalized spacial score (nSPS) is 17.9. The molecule has 2 heterocycles. The van der Waals surface area contributed by atoms with Crippen LogP contribution in [0.3, 0.4) is 0 Å². The van der Waals surface area contributed by atoms with Crippen molar-refractivity contribution >= 4 is 21.6 Å². The van der Waals surface area contributed by atoms with Crippen LogP contribution in [0.25, 0.3) is 10.2 Å². The van der Waals surface area contributed by atoms with E-state index in [0.29, 0.717) is 12.5 Å². The van der Waals surface area contributed by atoms with Crippen LogP contribution in [0, 0.1) is 11.8 Å². The fourth-order valence-corrected chi connectivity index (χ4v) is 4.88. The number of nitrogens with zero attached hydrogens (tertiary/aromatic N) is 3. The minimum atomic E-state index is 0.185. The molecule has 0 aliphatic heterocycles. The molecule has 0 saturated carbocycles. The summed E-state index contributed by atoms with van der Waals surface area (Å²) < 4.78 is 1.94. The first kappa shape index (κ1) is 17.6. The largest absolute Gasteiger partial charge is 0.302 e. The third-order valence-electron chi connectivity index (χ3n) is 4.88. The van der Waals surface area contributed by atoms with Gasteiger partial charge in [0, 0.05) is 11.4 Å². The van der Waals surface area contributed by atoms with Gasteiger partial charge in [-0.1, -0.05) is 20.8 Å². The highest BCUT2D eigenvalue weighted by molar-refractivity contribution is 7.18. The van der Waals surface area contributed by atoms with Crippen LogP contribution in [0.2, 0.25) is 0 Å². The van der Waals surface area contributed by atoms with Crippen LogP contribution < -0.4 is 5.56 Å². The van der Waals surface area contributed by atoms with Crippen molar-refractivity contribution in [1.29, 1.82) is 0 Å². The van der Waals surface area contributed by atoms with Gasteiger partial charge in [0.2, 0.25) is 0 Å². The first-order valence-corrected chi connectivity index (χ1v) is 9.87. The van der Waals surface area contributed by atoms with Crippen molar-refractivity contribution in [2.45, 2.75) is 59.5 Å². The molecule has 0 aromatic carbocycles. The van der Waals surface area contributed by atoms with E-state index in [1.54, 1.807) is 11.3 Å². The average Bonchev–Trinajstić information content (AvgIpc) is 2.83. The van der Waals surface area contributed by atoms with Crippen molar-refractivity contribution in [3.05, 3.63) is 26.6 Å². The zero-order chi connectivity index (χ0) is 17.4. The second kappa shape index (κ2) is 6.96. The van der Waals surface area contributed by atoms with Gasteiger partial charge in [0.25, 0.3) is 5.56 Å². The Bertz CT molecular complexity index is 788. The minimum absolute atomic E-state index is 0.185. The van der Waals surface area contributed by atoms with Gasteiger partial charge >= 0.3 is 0 Å². The zero-order valence-corrected chi connectivity index (χ0v) is 16.4. The summed E-state index contributed by atoms with van der Waals surface area (Å²) >= 11 is 1.75. The van der Waals surface area contributed by atoms with E-state index >= 15 is 0 Å². The lowest BCUT2D eigenvalue weighted by Gasteiger charge is -2.18. The number of fused-ring (bicyclic) bond motifs is 3. The zero-order valence-electron chi connectivity index (χ0n) is 15.6. The maximum atomic E-state index is 13.3. The number of rotatable bonds is 5. The van der Waals surface area contributed by atoms with Crippen molar-refractivity contribution in [2.24, 2.45) is 11.8 Å². The third kappa shape index (κ3) is 3.42. The predicted octanol–water partition coefficient (Wildman–Crippen LogP) is 3.69. The van der Waals surface area contributed by atoms with E-state index in [2.05, 4.69) is 25.7 Å². The number of hydrogen-bond donors (Lipinski definition) is 0. The monoisotopic (exact) mass is 347 g/mol. The second-order valence-electron chi connectivity index (χ2n) is 7.94. The van der Waals surface area contributed by atoms with Gasteiger partial charge in [0.05, 0.1) is 11.9 Å². The van der Waals surface area contributed by atoms with E-state index in [9.17, 15) is 4.79 Å². The van der Waals surface area contributed by atoms with E-state index in [0.717, 1.165) is 47.8 Å². The van der Waals surface area contributed by atoms with Crippen molar-refractivity contribution in [2.75, 3.05) is 14.1 Å². The van der Waals surface area contributed by atoms with Gasteiger partial charge in [-0.3, -0.25) is 9.36 Å². The lowest BCUT2D eigenvalue weighted by molar-refractivity contribution is 0.371. The van der Waals surface area contributed by atoms with E-state index in [-0.39, 0.29) is 5.56 Å². The molecule has 2 aromatic rings. The average molecular weight is 348 g/mol. The highest BCUT2D eigenvalue weighted by Crippen LogP contribution is 2.35. The molecule has 1 atom stereocenters. The standard InChI is InChI=1S/C19H29N3OS/c1-12(2)8-9-22-16(11-21(4)5)20-18-17(19(22)23)14-7-6-13(3)10-15(14)24-18/h12-13H,6-11H2,1-5H3. The quantitative estimate of drug-likeness (QED) is 0.828. The molecule has 2 aromatic heterocycles. The maximum absolute atomic E-state index is 13.3. The summed E-state index contributed by atoms with van der Waals surface area (Å²) in [7, 11) is 4.06. The van der Waals surface area contributed by atoms with Crippen LogP contribution in [0.15, 0.2) is 4.79 Å². The summed E-state index contributed by atoms with van der Waals surface area (Å²) in [5, 5.41) is 0.910. The molecular formula is C19H29N3OS. The van der Waals surface area contributed by atoms with Gasteiger partial charge < -0.3 is 4.90 Å². The molecular weight excluding hydrogens is 318 g/mol. The molecule has 0 amide bonds.